The first-order chi connectivity index (χ1) is 15.9. The second-order valence-corrected chi connectivity index (χ2v) is 11.4. The molecule has 0 fully saturated rings. The Kier molecular flexibility index (Phi) is 8.12. The highest BCUT2D eigenvalue weighted by atomic mass is 32.2. The monoisotopic (exact) mass is 501 g/mol. The number of hydrogen-bond donors (Lipinski definition) is 2. The van der Waals surface area contributed by atoms with E-state index in [4.69, 9.17) is 4.42 Å². The van der Waals surface area contributed by atoms with Crippen molar-refractivity contribution in [1.82, 2.24) is 5.32 Å². The van der Waals surface area contributed by atoms with Gasteiger partial charge < -0.3 is 18.6 Å². The third-order valence-corrected chi connectivity index (χ3v) is 6.56. The molecular weight excluding hydrogens is 473 g/mol. The number of benzene rings is 2. The number of carbonyl (C=O) groups is 1. The lowest BCUT2D eigenvalue weighted by molar-refractivity contribution is 0.0940. The van der Waals surface area contributed by atoms with Crippen LogP contribution < -0.4 is 9.62 Å². The van der Waals surface area contributed by atoms with Crippen LogP contribution in [-0.4, -0.2) is 28.5 Å². The number of amides is 1. The zero-order chi connectivity index (χ0) is 25.0. The Morgan fingerprint density at radius 3 is 2.50 bits per heavy atom. The van der Waals surface area contributed by atoms with Gasteiger partial charge in [0, 0.05) is 23.9 Å². The number of hydrogen-bond acceptors (Lipinski definition) is 6. The number of anilines is 1. The lowest BCUT2D eigenvalue weighted by Gasteiger charge is -2.17. The molecule has 1 amide bonds. The minimum atomic E-state index is -1.40. The Morgan fingerprint density at radius 2 is 1.88 bits per heavy atom. The summed E-state index contributed by atoms with van der Waals surface area (Å²) >= 11 is 2.97. The van der Waals surface area contributed by atoms with Gasteiger partial charge in [-0.3, -0.25) is 4.79 Å². The van der Waals surface area contributed by atoms with Gasteiger partial charge in [-0.1, -0.05) is 29.3 Å². The van der Waals surface area contributed by atoms with Gasteiger partial charge in [-0.2, -0.15) is 0 Å². The van der Waals surface area contributed by atoms with E-state index in [9.17, 15) is 13.7 Å². The largest absolute Gasteiger partial charge is 0.591 e. The second-order valence-electron chi connectivity index (χ2n) is 8.84. The number of furan rings is 1. The van der Waals surface area contributed by atoms with Crippen LogP contribution in [0.2, 0.25) is 0 Å². The topological polar surface area (TPSA) is 80.9 Å². The van der Waals surface area contributed by atoms with Gasteiger partial charge in [0.1, 0.15) is 39.7 Å². The molecule has 3 aromatic rings. The van der Waals surface area contributed by atoms with Crippen molar-refractivity contribution in [2.45, 2.75) is 38.5 Å². The summed E-state index contributed by atoms with van der Waals surface area (Å²) in [6.07, 6.45) is 1.44. The third-order valence-electron chi connectivity index (χ3n) is 4.98. The maximum Gasteiger partial charge on any atom is 0.251 e. The highest BCUT2D eigenvalue weighted by Crippen LogP contribution is 2.29. The molecule has 180 valence electrons. The number of nitrogens with zero attached hydrogens (tertiary/aromatic N) is 2. The van der Waals surface area contributed by atoms with Crippen LogP contribution >= 0.6 is 12.8 Å². The fourth-order valence-electron chi connectivity index (χ4n) is 3.02. The first-order valence-corrected chi connectivity index (χ1v) is 12.1. The van der Waals surface area contributed by atoms with Gasteiger partial charge in [0.25, 0.3) is 5.91 Å². The summed E-state index contributed by atoms with van der Waals surface area (Å²) in [5.41, 5.74) is 2.58. The quantitative estimate of drug-likeness (QED) is 0.246. The van der Waals surface area contributed by atoms with Crippen LogP contribution in [0.1, 0.15) is 55.4 Å². The van der Waals surface area contributed by atoms with Gasteiger partial charge in [-0.05, 0) is 75.7 Å². The molecule has 1 unspecified atom stereocenters. The summed E-state index contributed by atoms with van der Waals surface area (Å²) < 4.78 is 36.4. The molecule has 0 aliphatic carbocycles. The molecular formula is C25H28FN3O3S2. The fraction of sp³-hybridized carbons (Fsp3) is 0.280. The molecule has 1 N–H and O–H groups in total. The van der Waals surface area contributed by atoms with Crippen LogP contribution in [0.3, 0.4) is 0 Å². The summed E-state index contributed by atoms with van der Waals surface area (Å²) in [5.74, 6) is 0.363. The summed E-state index contributed by atoms with van der Waals surface area (Å²) in [6.45, 7) is 7.37. The lowest BCUT2D eigenvalue weighted by atomic mass is 10.0. The second kappa shape index (κ2) is 10.7. The zero-order valence-corrected chi connectivity index (χ0v) is 21.4. The number of thiol groups is 1. The normalized spacial score (nSPS) is 13.6. The predicted octanol–water partition coefficient (Wildman–Crippen LogP) is 5.74. The van der Waals surface area contributed by atoms with Crippen molar-refractivity contribution in [2.75, 3.05) is 11.4 Å². The van der Waals surface area contributed by atoms with E-state index in [1.165, 1.54) is 18.3 Å². The maximum absolute atomic E-state index is 13.2. The Hall–Kier alpha value is -2.75. The Balaban J connectivity index is 1.85. The molecule has 9 heteroatoms. The van der Waals surface area contributed by atoms with Gasteiger partial charge in [-0.25, -0.2) is 4.39 Å². The molecule has 0 aliphatic rings. The van der Waals surface area contributed by atoms with E-state index in [1.807, 2.05) is 33.8 Å². The molecule has 34 heavy (non-hydrogen) atoms. The first kappa shape index (κ1) is 25.9. The molecule has 2 atom stereocenters. The SMILES string of the molecule is C[C@@H](NC(=O)c1cc(-c2ccc(C=N[S+]([O-])C(C)(C)C)o2)cc(N(C)S)c1)c1ccc(F)cc1. The van der Waals surface area contributed by atoms with E-state index in [2.05, 4.69) is 22.5 Å². The highest BCUT2D eigenvalue weighted by molar-refractivity contribution is 7.91. The van der Waals surface area contributed by atoms with E-state index in [0.29, 0.717) is 28.3 Å². The van der Waals surface area contributed by atoms with Crippen LogP contribution in [0.25, 0.3) is 11.3 Å². The third kappa shape index (κ3) is 6.65. The van der Waals surface area contributed by atoms with Crippen molar-refractivity contribution in [3.05, 3.63) is 77.3 Å². The molecule has 0 bridgehead atoms. The molecule has 0 aliphatic heterocycles. The molecule has 3 rings (SSSR count). The summed E-state index contributed by atoms with van der Waals surface area (Å²) in [7, 11) is 1.76. The van der Waals surface area contributed by atoms with Crippen molar-refractivity contribution in [3.8, 4) is 11.3 Å². The molecule has 0 spiro atoms. The van der Waals surface area contributed by atoms with Gasteiger partial charge in [0.15, 0.2) is 0 Å². The van der Waals surface area contributed by atoms with Crippen molar-refractivity contribution in [1.29, 1.82) is 0 Å². The highest BCUT2D eigenvalue weighted by Gasteiger charge is 2.26. The van der Waals surface area contributed by atoms with Crippen LogP contribution in [0.5, 0.6) is 0 Å². The Labute approximate surface area is 208 Å². The van der Waals surface area contributed by atoms with E-state index < -0.39 is 16.1 Å². The molecule has 2 aromatic carbocycles. The van der Waals surface area contributed by atoms with Crippen molar-refractivity contribution < 1.29 is 18.2 Å². The van der Waals surface area contributed by atoms with E-state index in [1.54, 1.807) is 47.8 Å². The maximum atomic E-state index is 13.2. The van der Waals surface area contributed by atoms with E-state index in [-0.39, 0.29) is 17.8 Å². The Bertz CT molecular complexity index is 1170. The van der Waals surface area contributed by atoms with Crippen LogP contribution in [0, 0.1) is 5.82 Å². The molecule has 6 nitrogen and oxygen atoms in total. The van der Waals surface area contributed by atoms with Crippen LogP contribution in [-0.2, 0) is 11.4 Å². The van der Waals surface area contributed by atoms with Gasteiger partial charge in [0.2, 0.25) is 0 Å². The number of nitrogens with one attached hydrogen (secondary N) is 1. The minimum absolute atomic E-state index is 0.288. The van der Waals surface area contributed by atoms with E-state index >= 15 is 0 Å². The van der Waals surface area contributed by atoms with Crippen molar-refractivity contribution in [3.63, 3.8) is 0 Å². The summed E-state index contributed by atoms with van der Waals surface area (Å²) in [6, 6.07) is 14.5. The smallest absolute Gasteiger partial charge is 0.251 e. The molecule has 0 saturated carbocycles. The van der Waals surface area contributed by atoms with Gasteiger partial charge in [-0.15, -0.1) is 0 Å². The van der Waals surface area contributed by atoms with Crippen molar-refractivity contribution >= 4 is 42.0 Å². The number of rotatable bonds is 7. The minimum Gasteiger partial charge on any atom is -0.591 e. The zero-order valence-electron chi connectivity index (χ0n) is 19.7. The first-order valence-electron chi connectivity index (χ1n) is 10.6. The fourth-order valence-corrected chi connectivity index (χ4v) is 3.65. The summed E-state index contributed by atoms with van der Waals surface area (Å²) in [4.78, 5) is 13.0. The van der Waals surface area contributed by atoms with E-state index in [0.717, 1.165) is 5.56 Å². The van der Waals surface area contributed by atoms with Crippen molar-refractivity contribution in [2.24, 2.45) is 4.40 Å². The molecule has 1 heterocycles. The Morgan fingerprint density at radius 1 is 1.21 bits per heavy atom. The van der Waals surface area contributed by atoms with Crippen LogP contribution in [0.4, 0.5) is 10.1 Å². The number of halogens is 1. The average Bonchev–Trinajstić information content (AvgIpc) is 3.26. The van der Waals surface area contributed by atoms with Gasteiger partial charge in [0.05, 0.1) is 6.04 Å². The predicted molar refractivity (Wildman–Crippen MR) is 139 cm³/mol. The van der Waals surface area contributed by atoms with Gasteiger partial charge >= 0.3 is 0 Å². The number of carbonyl (C=O) groups excluding carboxylic acids is 1. The summed E-state index contributed by atoms with van der Waals surface area (Å²) in [5, 5.41) is 2.94. The lowest BCUT2D eigenvalue weighted by Crippen LogP contribution is -2.26. The average molecular weight is 502 g/mol. The molecule has 0 radical (unpaired) electrons. The molecule has 1 aromatic heterocycles. The molecule has 0 saturated heterocycles. The van der Waals surface area contributed by atoms with Crippen LogP contribution in [0.15, 0.2) is 63.4 Å². The standard InChI is InChI=1S/C25H28FN3O3S2/c1-16(17-6-8-20(26)9-7-17)28-24(30)19-12-18(13-21(14-19)29(5)33)23-11-10-22(32-23)15-27-34(31)25(2,3)4/h6-16,33H,1-5H3,(H,28,30)/t16-,34?/m1/s1.